The van der Waals surface area contributed by atoms with E-state index in [4.69, 9.17) is 5.11 Å². The van der Waals surface area contributed by atoms with Gasteiger partial charge in [0.1, 0.15) is 0 Å². The minimum atomic E-state index is -1.00. The lowest BCUT2D eigenvalue weighted by molar-refractivity contribution is -0.120. The minimum absolute atomic E-state index is 0.0632. The van der Waals surface area contributed by atoms with E-state index >= 15 is 0 Å². The number of nitrogens with one attached hydrogen (secondary N) is 2. The average molecular weight is 281 g/mol. The first-order chi connectivity index (χ1) is 9.49. The van der Waals surface area contributed by atoms with Gasteiger partial charge in [-0.05, 0) is 25.6 Å². The third-order valence-electron chi connectivity index (χ3n) is 3.35. The summed E-state index contributed by atoms with van der Waals surface area (Å²) in [7, 11) is 0. The molecule has 0 atom stereocenters. The van der Waals surface area contributed by atoms with Gasteiger partial charge >= 0.3 is 5.97 Å². The zero-order chi connectivity index (χ0) is 15.1. The molecule has 0 saturated heterocycles. The molecule has 0 radical (unpaired) electrons. The summed E-state index contributed by atoms with van der Waals surface area (Å²) < 4.78 is 0. The van der Waals surface area contributed by atoms with E-state index in [1.165, 1.54) is 0 Å². The highest BCUT2D eigenvalue weighted by molar-refractivity contribution is 5.92. The molecule has 3 N–H and O–H groups in total. The molecule has 0 spiro atoms. The molecule has 0 bridgehead atoms. The van der Waals surface area contributed by atoms with Crippen molar-refractivity contribution in [3.8, 4) is 0 Å². The quantitative estimate of drug-likeness (QED) is 0.664. The third kappa shape index (κ3) is 4.38. The van der Waals surface area contributed by atoms with E-state index in [0.29, 0.717) is 17.8 Å². The maximum Gasteiger partial charge on any atom is 0.337 e. The lowest BCUT2D eigenvalue weighted by Crippen LogP contribution is -2.35. The van der Waals surface area contributed by atoms with Crippen LogP contribution in [0.25, 0.3) is 0 Å². The molecule has 6 heteroatoms. The van der Waals surface area contributed by atoms with Gasteiger partial charge in [0, 0.05) is 25.0 Å². The summed E-state index contributed by atoms with van der Waals surface area (Å²) >= 11 is 0. The Morgan fingerprint density at radius 2 is 2.00 bits per heavy atom. The molecule has 0 unspecified atom stereocenters. The van der Waals surface area contributed by atoms with Gasteiger partial charge in [-0.3, -0.25) is 4.79 Å². The molecule has 0 aliphatic carbocycles. The van der Waals surface area contributed by atoms with Crippen LogP contribution >= 0.6 is 0 Å². The van der Waals surface area contributed by atoms with Gasteiger partial charge < -0.3 is 20.3 Å². The summed E-state index contributed by atoms with van der Waals surface area (Å²) in [4.78, 5) is 28.0. The molecule has 0 aliphatic heterocycles. The number of hydrogen-bond acceptors (Lipinski definition) is 3. The highest BCUT2D eigenvalue weighted by Gasteiger charge is 2.17. The summed E-state index contributed by atoms with van der Waals surface area (Å²) in [6.07, 6.45) is 1.68. The first-order valence-electron chi connectivity index (χ1n) is 6.88. The Balaban J connectivity index is 2.49. The first kappa shape index (κ1) is 16.2. The number of aromatic nitrogens is 1. The number of aryl methyl sites for hydroxylation is 1. The standard InChI is InChI=1S/C14H23N3O3/c1-4-17(5-2)7-6-15-12(18)8-11-13(14(19)20)10(3)9-16-11/h9,16H,4-8H2,1-3H3,(H,15,18)(H,19,20). The summed E-state index contributed by atoms with van der Waals surface area (Å²) in [5.74, 6) is -1.17. The van der Waals surface area contributed by atoms with Crippen LogP contribution < -0.4 is 5.32 Å². The summed E-state index contributed by atoms with van der Waals surface area (Å²) in [6, 6.07) is 0. The summed E-state index contributed by atoms with van der Waals surface area (Å²) in [6.45, 7) is 9.13. The number of carbonyl (C=O) groups is 2. The topological polar surface area (TPSA) is 85.4 Å². The molecular formula is C14H23N3O3. The van der Waals surface area contributed by atoms with Crippen molar-refractivity contribution >= 4 is 11.9 Å². The van der Waals surface area contributed by atoms with Crippen LogP contribution in [0.1, 0.15) is 35.5 Å². The maximum absolute atomic E-state index is 11.8. The van der Waals surface area contributed by atoms with Crippen LogP contribution in [0.5, 0.6) is 0 Å². The zero-order valence-corrected chi connectivity index (χ0v) is 12.3. The number of carboxylic acids is 1. The van der Waals surface area contributed by atoms with Gasteiger partial charge in [-0.25, -0.2) is 4.79 Å². The predicted octanol–water partition coefficient (Wildman–Crippen LogP) is 1.02. The van der Waals surface area contributed by atoms with Crippen molar-refractivity contribution in [3.05, 3.63) is 23.0 Å². The maximum atomic E-state index is 11.8. The Labute approximate surface area is 119 Å². The highest BCUT2D eigenvalue weighted by Crippen LogP contribution is 2.13. The molecule has 1 aromatic heterocycles. The van der Waals surface area contributed by atoms with Gasteiger partial charge in [-0.2, -0.15) is 0 Å². The van der Waals surface area contributed by atoms with Crippen molar-refractivity contribution in [2.24, 2.45) is 0 Å². The molecule has 20 heavy (non-hydrogen) atoms. The van der Waals surface area contributed by atoms with E-state index in [9.17, 15) is 9.59 Å². The smallest absolute Gasteiger partial charge is 0.337 e. The average Bonchev–Trinajstić information content (AvgIpc) is 2.75. The van der Waals surface area contributed by atoms with Gasteiger partial charge in [-0.15, -0.1) is 0 Å². The van der Waals surface area contributed by atoms with Gasteiger partial charge in [0.05, 0.1) is 12.0 Å². The minimum Gasteiger partial charge on any atom is -0.478 e. The van der Waals surface area contributed by atoms with Crippen molar-refractivity contribution in [3.63, 3.8) is 0 Å². The van der Waals surface area contributed by atoms with Crippen LogP contribution in [0.15, 0.2) is 6.20 Å². The fraction of sp³-hybridized carbons (Fsp3) is 0.571. The Kier molecular flexibility index (Phi) is 6.24. The number of nitrogens with zero attached hydrogens (tertiary/aromatic N) is 1. The number of hydrogen-bond donors (Lipinski definition) is 3. The Morgan fingerprint density at radius 3 is 2.55 bits per heavy atom. The molecule has 1 aromatic rings. The number of amides is 1. The number of aromatic amines is 1. The van der Waals surface area contributed by atoms with Crippen molar-refractivity contribution in [1.29, 1.82) is 0 Å². The second-order valence-electron chi connectivity index (χ2n) is 4.68. The van der Waals surface area contributed by atoms with E-state index < -0.39 is 5.97 Å². The van der Waals surface area contributed by atoms with Crippen LogP contribution in [0.2, 0.25) is 0 Å². The van der Waals surface area contributed by atoms with Crippen LogP contribution in [0.4, 0.5) is 0 Å². The zero-order valence-electron chi connectivity index (χ0n) is 12.3. The Bertz CT molecular complexity index is 464. The van der Waals surface area contributed by atoms with E-state index in [1.54, 1.807) is 13.1 Å². The van der Waals surface area contributed by atoms with Crippen molar-refractivity contribution in [1.82, 2.24) is 15.2 Å². The molecule has 6 nitrogen and oxygen atoms in total. The number of likely N-dealkylation sites (N-methyl/N-ethyl adjacent to an activating group) is 1. The molecule has 112 valence electrons. The number of aromatic carboxylic acids is 1. The fourth-order valence-electron chi connectivity index (χ4n) is 2.13. The molecule has 0 aromatic carbocycles. The molecular weight excluding hydrogens is 258 g/mol. The van der Waals surface area contributed by atoms with Crippen molar-refractivity contribution in [2.45, 2.75) is 27.2 Å². The third-order valence-corrected chi connectivity index (χ3v) is 3.35. The van der Waals surface area contributed by atoms with E-state index in [-0.39, 0.29) is 17.9 Å². The number of carboxylic acid groups (broad SMARTS) is 1. The van der Waals surface area contributed by atoms with E-state index in [1.807, 2.05) is 0 Å². The Morgan fingerprint density at radius 1 is 1.35 bits per heavy atom. The van der Waals surface area contributed by atoms with Crippen molar-refractivity contribution < 1.29 is 14.7 Å². The van der Waals surface area contributed by atoms with Gasteiger partial charge in [0.25, 0.3) is 0 Å². The molecule has 0 aliphatic rings. The number of H-pyrrole nitrogens is 1. The number of carbonyl (C=O) groups excluding carboxylic acids is 1. The first-order valence-corrected chi connectivity index (χ1v) is 6.88. The van der Waals surface area contributed by atoms with Gasteiger partial charge in [0.15, 0.2) is 0 Å². The lowest BCUT2D eigenvalue weighted by Gasteiger charge is -2.17. The molecule has 1 rings (SSSR count). The summed E-state index contributed by atoms with van der Waals surface area (Å²) in [5, 5.41) is 11.9. The monoisotopic (exact) mass is 281 g/mol. The SMILES string of the molecule is CCN(CC)CCNC(=O)Cc1[nH]cc(C)c1C(=O)O. The highest BCUT2D eigenvalue weighted by atomic mass is 16.4. The molecule has 0 fully saturated rings. The Hall–Kier alpha value is -1.82. The normalized spacial score (nSPS) is 10.8. The largest absolute Gasteiger partial charge is 0.478 e. The van der Waals surface area contributed by atoms with Gasteiger partial charge in [0.2, 0.25) is 5.91 Å². The van der Waals surface area contributed by atoms with Crippen LogP contribution in [-0.2, 0) is 11.2 Å². The second-order valence-corrected chi connectivity index (χ2v) is 4.68. The predicted molar refractivity (Wildman–Crippen MR) is 77.0 cm³/mol. The fourth-order valence-corrected chi connectivity index (χ4v) is 2.13. The molecule has 1 heterocycles. The van der Waals surface area contributed by atoms with E-state index in [2.05, 4.69) is 29.0 Å². The summed E-state index contributed by atoms with van der Waals surface area (Å²) in [5.41, 5.74) is 1.29. The van der Waals surface area contributed by atoms with Crippen LogP contribution in [0.3, 0.4) is 0 Å². The lowest BCUT2D eigenvalue weighted by atomic mass is 10.1. The van der Waals surface area contributed by atoms with Crippen LogP contribution in [0, 0.1) is 6.92 Å². The van der Waals surface area contributed by atoms with E-state index in [0.717, 1.165) is 19.6 Å². The molecule has 0 saturated carbocycles. The van der Waals surface area contributed by atoms with Gasteiger partial charge in [-0.1, -0.05) is 13.8 Å². The molecule has 1 amide bonds. The van der Waals surface area contributed by atoms with Crippen molar-refractivity contribution in [2.75, 3.05) is 26.2 Å². The second kappa shape index (κ2) is 7.69. The number of rotatable bonds is 8. The van der Waals surface area contributed by atoms with Crippen LogP contribution in [-0.4, -0.2) is 53.0 Å².